The predicted molar refractivity (Wildman–Crippen MR) is 133 cm³/mol. The number of benzene rings is 2. The number of hydrogen-bond donors (Lipinski definition) is 2. The van der Waals surface area contributed by atoms with Crippen molar-refractivity contribution in [2.45, 2.75) is 33.5 Å². The number of nitrogens with zero attached hydrogens (tertiary/aromatic N) is 1. The van der Waals surface area contributed by atoms with Crippen LogP contribution in [0.2, 0.25) is 0 Å². The molecule has 0 atom stereocenters. The molecule has 7 heteroatoms. The van der Waals surface area contributed by atoms with Gasteiger partial charge >= 0.3 is 0 Å². The number of methoxy groups -OCH3 is 2. The van der Waals surface area contributed by atoms with E-state index in [4.69, 9.17) is 19.2 Å². The summed E-state index contributed by atoms with van der Waals surface area (Å²) in [7, 11) is 3.38. The lowest BCUT2D eigenvalue weighted by Gasteiger charge is -2.15. The Morgan fingerprint density at radius 2 is 1.77 bits per heavy atom. The van der Waals surface area contributed by atoms with Gasteiger partial charge in [0.1, 0.15) is 12.4 Å². The van der Waals surface area contributed by atoms with E-state index in [-0.39, 0.29) is 24.0 Å². The number of aryl methyl sites for hydroxylation is 1. The Hall–Kier alpha value is -1.84. The highest BCUT2D eigenvalue weighted by atomic mass is 127. The fourth-order valence-electron chi connectivity index (χ4n) is 2.85. The number of hydrogen-bond acceptors (Lipinski definition) is 4. The molecular formula is C23H34IN3O3. The second-order valence-electron chi connectivity index (χ2n) is 6.75. The van der Waals surface area contributed by atoms with Crippen LogP contribution in [0, 0.1) is 6.92 Å². The summed E-state index contributed by atoms with van der Waals surface area (Å²) in [6.45, 7) is 7.82. The van der Waals surface area contributed by atoms with Gasteiger partial charge in [-0.25, -0.2) is 4.99 Å². The van der Waals surface area contributed by atoms with Crippen LogP contribution < -0.4 is 15.4 Å². The van der Waals surface area contributed by atoms with E-state index in [0.717, 1.165) is 40.5 Å². The van der Waals surface area contributed by atoms with E-state index in [2.05, 4.69) is 60.9 Å². The first-order chi connectivity index (χ1) is 14.2. The zero-order valence-electron chi connectivity index (χ0n) is 18.4. The van der Waals surface area contributed by atoms with Gasteiger partial charge in [0.05, 0.1) is 19.8 Å². The summed E-state index contributed by atoms with van der Waals surface area (Å²) in [5.74, 6) is 1.64. The molecule has 0 aliphatic carbocycles. The molecule has 0 aliphatic rings. The molecule has 0 fully saturated rings. The monoisotopic (exact) mass is 527 g/mol. The van der Waals surface area contributed by atoms with Crippen LogP contribution in [0.25, 0.3) is 0 Å². The van der Waals surface area contributed by atoms with Gasteiger partial charge in [-0.15, -0.1) is 24.0 Å². The van der Waals surface area contributed by atoms with Crippen LogP contribution >= 0.6 is 24.0 Å². The molecule has 0 radical (unpaired) electrons. The standard InChI is InChI=1S/C23H33N3O3.HI/c1-5-24-23(25-15-19-7-6-8-20(14-19)17-28-4)26-16-21-10-9-18(2)13-22(21)29-12-11-27-3;/h6-10,13-14H,5,11-12,15-17H2,1-4H3,(H2,24,25,26);1H. The minimum Gasteiger partial charge on any atom is -0.491 e. The van der Waals surface area contributed by atoms with E-state index >= 15 is 0 Å². The summed E-state index contributed by atoms with van der Waals surface area (Å²) < 4.78 is 16.2. The van der Waals surface area contributed by atoms with Gasteiger partial charge in [-0.3, -0.25) is 0 Å². The highest BCUT2D eigenvalue weighted by molar-refractivity contribution is 14.0. The smallest absolute Gasteiger partial charge is 0.191 e. The molecular weight excluding hydrogens is 493 g/mol. The summed E-state index contributed by atoms with van der Waals surface area (Å²) >= 11 is 0. The van der Waals surface area contributed by atoms with Crippen molar-refractivity contribution in [2.24, 2.45) is 4.99 Å². The largest absolute Gasteiger partial charge is 0.491 e. The van der Waals surface area contributed by atoms with Crippen LogP contribution in [0.3, 0.4) is 0 Å². The second-order valence-corrected chi connectivity index (χ2v) is 6.75. The van der Waals surface area contributed by atoms with Crippen LogP contribution in [0.1, 0.15) is 29.2 Å². The highest BCUT2D eigenvalue weighted by Gasteiger charge is 2.06. The molecule has 6 nitrogen and oxygen atoms in total. The quantitative estimate of drug-likeness (QED) is 0.200. The molecule has 166 valence electrons. The Morgan fingerprint density at radius 1 is 0.967 bits per heavy atom. The molecule has 0 amide bonds. The van der Waals surface area contributed by atoms with Gasteiger partial charge in [-0.1, -0.05) is 36.4 Å². The Balaban J connectivity index is 0.00000450. The third-order valence-electron chi connectivity index (χ3n) is 4.28. The zero-order chi connectivity index (χ0) is 20.9. The average molecular weight is 527 g/mol. The minimum atomic E-state index is 0. The van der Waals surface area contributed by atoms with Crippen molar-refractivity contribution in [3.05, 3.63) is 64.7 Å². The van der Waals surface area contributed by atoms with E-state index in [0.29, 0.717) is 32.9 Å². The van der Waals surface area contributed by atoms with E-state index in [1.807, 2.05) is 6.07 Å². The number of rotatable bonds is 11. The van der Waals surface area contributed by atoms with E-state index < -0.39 is 0 Å². The van der Waals surface area contributed by atoms with Crippen molar-refractivity contribution in [3.63, 3.8) is 0 Å². The molecule has 2 rings (SSSR count). The lowest BCUT2D eigenvalue weighted by atomic mass is 10.1. The molecule has 0 aromatic heterocycles. The van der Waals surface area contributed by atoms with E-state index in [1.54, 1.807) is 14.2 Å². The molecule has 0 saturated heterocycles. The third kappa shape index (κ3) is 9.32. The minimum absolute atomic E-state index is 0. The molecule has 2 aromatic rings. The fraction of sp³-hybridized carbons (Fsp3) is 0.435. The van der Waals surface area contributed by atoms with Crippen molar-refractivity contribution < 1.29 is 14.2 Å². The van der Waals surface area contributed by atoms with Crippen LogP contribution in [0.15, 0.2) is 47.5 Å². The van der Waals surface area contributed by atoms with Crippen LogP contribution in [-0.4, -0.2) is 39.9 Å². The average Bonchev–Trinajstić information content (AvgIpc) is 2.72. The van der Waals surface area contributed by atoms with Gasteiger partial charge in [0.25, 0.3) is 0 Å². The number of nitrogens with one attached hydrogen (secondary N) is 2. The summed E-state index contributed by atoms with van der Waals surface area (Å²) in [6, 6.07) is 14.5. The molecule has 0 saturated carbocycles. The summed E-state index contributed by atoms with van der Waals surface area (Å²) in [5, 5.41) is 6.70. The molecule has 0 heterocycles. The fourth-order valence-corrected chi connectivity index (χ4v) is 2.85. The normalized spacial score (nSPS) is 11.0. The van der Waals surface area contributed by atoms with Gasteiger partial charge in [0.15, 0.2) is 5.96 Å². The lowest BCUT2D eigenvalue weighted by molar-refractivity contribution is 0.145. The van der Waals surface area contributed by atoms with Gasteiger partial charge in [0.2, 0.25) is 0 Å². The Bertz CT molecular complexity index is 784. The first kappa shape index (κ1) is 26.2. The Morgan fingerprint density at radius 3 is 2.50 bits per heavy atom. The number of aliphatic imine (C=N–C) groups is 1. The number of ether oxygens (including phenoxy) is 3. The molecule has 0 spiro atoms. The predicted octanol–water partition coefficient (Wildman–Crippen LogP) is 4.04. The first-order valence-electron chi connectivity index (χ1n) is 9.96. The van der Waals surface area contributed by atoms with Gasteiger partial charge in [-0.2, -0.15) is 0 Å². The van der Waals surface area contributed by atoms with Crippen LogP contribution in [0.4, 0.5) is 0 Å². The van der Waals surface area contributed by atoms with Crippen LogP contribution in [-0.2, 0) is 29.2 Å². The van der Waals surface area contributed by atoms with E-state index in [1.165, 1.54) is 0 Å². The maximum Gasteiger partial charge on any atom is 0.191 e. The molecule has 0 bridgehead atoms. The molecule has 0 aliphatic heterocycles. The van der Waals surface area contributed by atoms with Gasteiger partial charge < -0.3 is 24.8 Å². The molecule has 2 N–H and O–H groups in total. The maximum absolute atomic E-state index is 5.88. The summed E-state index contributed by atoms with van der Waals surface area (Å²) in [6.07, 6.45) is 0. The Labute approximate surface area is 197 Å². The SMILES string of the molecule is CCNC(=NCc1cccc(COC)c1)NCc1ccc(C)cc1OCCOC.I. The van der Waals surface area contributed by atoms with Crippen molar-refractivity contribution in [2.75, 3.05) is 34.0 Å². The zero-order valence-corrected chi connectivity index (χ0v) is 20.7. The highest BCUT2D eigenvalue weighted by Crippen LogP contribution is 2.20. The van der Waals surface area contributed by atoms with Crippen LogP contribution in [0.5, 0.6) is 5.75 Å². The topological polar surface area (TPSA) is 64.1 Å². The molecule has 0 unspecified atom stereocenters. The summed E-state index contributed by atoms with van der Waals surface area (Å²) in [4.78, 5) is 4.72. The van der Waals surface area contributed by atoms with E-state index in [9.17, 15) is 0 Å². The summed E-state index contributed by atoms with van der Waals surface area (Å²) in [5.41, 5.74) is 4.54. The molecule has 2 aromatic carbocycles. The Kier molecular flexibility index (Phi) is 13.1. The van der Waals surface area contributed by atoms with Gasteiger partial charge in [0, 0.05) is 32.9 Å². The lowest BCUT2D eigenvalue weighted by Crippen LogP contribution is -2.36. The first-order valence-corrected chi connectivity index (χ1v) is 9.96. The van der Waals surface area contributed by atoms with Gasteiger partial charge in [-0.05, 0) is 36.6 Å². The van der Waals surface area contributed by atoms with Crippen molar-refractivity contribution in [1.29, 1.82) is 0 Å². The third-order valence-corrected chi connectivity index (χ3v) is 4.28. The number of guanidine groups is 1. The number of halogens is 1. The second kappa shape index (κ2) is 15.0. The van der Waals surface area contributed by atoms with Crippen molar-refractivity contribution in [1.82, 2.24) is 10.6 Å². The van der Waals surface area contributed by atoms with Crippen molar-refractivity contribution >= 4 is 29.9 Å². The maximum atomic E-state index is 5.88. The molecule has 30 heavy (non-hydrogen) atoms. The van der Waals surface area contributed by atoms with Crippen molar-refractivity contribution in [3.8, 4) is 5.75 Å².